The fourth-order valence-corrected chi connectivity index (χ4v) is 2.07. The Hall–Kier alpha value is -1.55. The van der Waals surface area contributed by atoms with Crippen molar-refractivity contribution < 1.29 is 14.3 Å². The first kappa shape index (κ1) is 16.5. The van der Waals surface area contributed by atoms with E-state index in [1.165, 1.54) is 7.11 Å². The van der Waals surface area contributed by atoms with Gasteiger partial charge >= 0.3 is 5.97 Å². The molecule has 0 aliphatic carbocycles. The SMILES string of the molecule is CCCNC(CC)c1ccccc1OC(C)C(=O)OC. The van der Waals surface area contributed by atoms with E-state index in [4.69, 9.17) is 9.47 Å². The number of carbonyl (C=O) groups excluding carboxylic acids is 1. The molecular weight excluding hydrogens is 254 g/mol. The molecule has 0 fully saturated rings. The van der Waals surface area contributed by atoms with Gasteiger partial charge in [-0.05, 0) is 32.4 Å². The lowest BCUT2D eigenvalue weighted by Gasteiger charge is -2.22. The van der Waals surface area contributed by atoms with Gasteiger partial charge in [-0.1, -0.05) is 32.0 Å². The van der Waals surface area contributed by atoms with Crippen molar-refractivity contribution in [3.05, 3.63) is 29.8 Å². The number of ether oxygens (including phenoxy) is 2. The molecule has 1 N–H and O–H groups in total. The Bertz CT molecular complexity index is 420. The molecule has 0 aliphatic heterocycles. The lowest BCUT2D eigenvalue weighted by atomic mass is 10.0. The molecule has 112 valence electrons. The smallest absolute Gasteiger partial charge is 0.346 e. The van der Waals surface area contributed by atoms with Gasteiger partial charge in [-0.2, -0.15) is 0 Å². The van der Waals surface area contributed by atoms with Crippen molar-refractivity contribution in [3.63, 3.8) is 0 Å². The fraction of sp³-hybridized carbons (Fsp3) is 0.562. The summed E-state index contributed by atoms with van der Waals surface area (Å²) in [4.78, 5) is 11.5. The molecule has 0 amide bonds. The molecule has 1 aromatic carbocycles. The zero-order chi connectivity index (χ0) is 15.0. The van der Waals surface area contributed by atoms with Crippen LogP contribution in [0.1, 0.15) is 45.2 Å². The highest BCUT2D eigenvalue weighted by Gasteiger charge is 2.19. The molecule has 0 aromatic heterocycles. The summed E-state index contributed by atoms with van der Waals surface area (Å²) < 4.78 is 10.4. The van der Waals surface area contributed by atoms with E-state index in [0.717, 1.165) is 30.7 Å². The van der Waals surface area contributed by atoms with Crippen LogP contribution >= 0.6 is 0 Å². The molecule has 0 spiro atoms. The number of hydrogen-bond acceptors (Lipinski definition) is 4. The van der Waals surface area contributed by atoms with Gasteiger partial charge in [-0.3, -0.25) is 0 Å². The highest BCUT2D eigenvalue weighted by atomic mass is 16.6. The first-order valence-corrected chi connectivity index (χ1v) is 7.20. The van der Waals surface area contributed by atoms with Crippen LogP contribution in [0.25, 0.3) is 0 Å². The minimum Gasteiger partial charge on any atom is -0.479 e. The third-order valence-corrected chi connectivity index (χ3v) is 3.18. The van der Waals surface area contributed by atoms with Crippen LogP contribution in [0, 0.1) is 0 Å². The number of methoxy groups -OCH3 is 1. The number of esters is 1. The van der Waals surface area contributed by atoms with Crippen molar-refractivity contribution in [2.45, 2.75) is 45.8 Å². The third kappa shape index (κ3) is 4.53. The molecule has 0 bridgehead atoms. The Morgan fingerprint density at radius 2 is 2.00 bits per heavy atom. The van der Waals surface area contributed by atoms with Crippen molar-refractivity contribution >= 4 is 5.97 Å². The van der Waals surface area contributed by atoms with E-state index in [9.17, 15) is 4.79 Å². The second-order valence-electron chi connectivity index (χ2n) is 4.74. The topological polar surface area (TPSA) is 47.6 Å². The summed E-state index contributed by atoms with van der Waals surface area (Å²) in [5.74, 6) is 0.371. The number of hydrogen-bond donors (Lipinski definition) is 1. The van der Waals surface area contributed by atoms with E-state index in [1.807, 2.05) is 24.3 Å². The van der Waals surface area contributed by atoms with Gasteiger partial charge < -0.3 is 14.8 Å². The van der Waals surface area contributed by atoms with Crippen molar-refractivity contribution in [2.75, 3.05) is 13.7 Å². The standard InChI is InChI=1S/C16H25NO3/c1-5-11-17-14(6-2)13-9-7-8-10-15(13)20-12(3)16(18)19-4/h7-10,12,14,17H,5-6,11H2,1-4H3. The second-order valence-corrected chi connectivity index (χ2v) is 4.74. The van der Waals surface area contributed by atoms with Crippen LogP contribution in [0.3, 0.4) is 0 Å². The zero-order valence-electron chi connectivity index (χ0n) is 12.8. The highest BCUT2D eigenvalue weighted by Crippen LogP contribution is 2.28. The number of benzene rings is 1. The van der Waals surface area contributed by atoms with Crippen LogP contribution in [0.4, 0.5) is 0 Å². The molecule has 0 heterocycles. The monoisotopic (exact) mass is 279 g/mol. The quantitative estimate of drug-likeness (QED) is 0.743. The Balaban J connectivity index is 2.88. The Morgan fingerprint density at radius 1 is 1.30 bits per heavy atom. The Kier molecular flexibility index (Phi) is 7.09. The van der Waals surface area contributed by atoms with Crippen LogP contribution in [0.2, 0.25) is 0 Å². The number of rotatable bonds is 8. The van der Waals surface area contributed by atoms with E-state index in [2.05, 4.69) is 19.2 Å². The normalized spacial score (nSPS) is 13.6. The maximum Gasteiger partial charge on any atom is 0.346 e. The van der Waals surface area contributed by atoms with E-state index in [-0.39, 0.29) is 12.0 Å². The lowest BCUT2D eigenvalue weighted by molar-refractivity contribution is -0.147. The summed E-state index contributed by atoms with van der Waals surface area (Å²) in [5, 5.41) is 3.50. The van der Waals surface area contributed by atoms with Crippen molar-refractivity contribution in [3.8, 4) is 5.75 Å². The van der Waals surface area contributed by atoms with Crippen molar-refractivity contribution in [1.29, 1.82) is 0 Å². The maximum atomic E-state index is 11.5. The first-order chi connectivity index (χ1) is 9.63. The molecule has 0 aliphatic rings. The Labute approximate surface area is 121 Å². The van der Waals surface area contributed by atoms with Gasteiger partial charge in [0.15, 0.2) is 6.10 Å². The van der Waals surface area contributed by atoms with Crippen LogP contribution in [0.15, 0.2) is 24.3 Å². The molecule has 1 rings (SSSR count). The summed E-state index contributed by atoms with van der Waals surface area (Å²) in [7, 11) is 1.37. The predicted molar refractivity (Wildman–Crippen MR) is 79.9 cm³/mol. The number of nitrogens with one attached hydrogen (secondary N) is 1. The molecule has 0 radical (unpaired) electrons. The molecule has 2 atom stereocenters. The first-order valence-electron chi connectivity index (χ1n) is 7.20. The molecule has 0 saturated carbocycles. The summed E-state index contributed by atoms with van der Waals surface area (Å²) >= 11 is 0. The van der Waals surface area contributed by atoms with Gasteiger partial charge in [0.05, 0.1) is 7.11 Å². The summed E-state index contributed by atoms with van der Waals surface area (Å²) in [5.41, 5.74) is 1.08. The van der Waals surface area contributed by atoms with E-state index in [1.54, 1.807) is 6.92 Å². The summed E-state index contributed by atoms with van der Waals surface area (Å²) in [6.45, 7) is 6.93. The molecule has 4 nitrogen and oxygen atoms in total. The van der Waals surface area contributed by atoms with E-state index in [0.29, 0.717) is 0 Å². The van der Waals surface area contributed by atoms with Crippen molar-refractivity contribution in [2.24, 2.45) is 0 Å². The summed E-state index contributed by atoms with van der Waals surface area (Å²) in [6.07, 6.45) is 1.44. The number of para-hydroxylation sites is 1. The molecule has 4 heteroatoms. The largest absolute Gasteiger partial charge is 0.479 e. The van der Waals surface area contributed by atoms with Gasteiger partial charge in [-0.15, -0.1) is 0 Å². The van der Waals surface area contributed by atoms with Gasteiger partial charge in [0.1, 0.15) is 5.75 Å². The summed E-state index contributed by atoms with van der Waals surface area (Å²) in [6, 6.07) is 8.06. The fourth-order valence-electron chi connectivity index (χ4n) is 2.07. The highest BCUT2D eigenvalue weighted by molar-refractivity contribution is 5.74. The van der Waals surface area contributed by atoms with E-state index < -0.39 is 6.10 Å². The minimum atomic E-state index is -0.607. The van der Waals surface area contributed by atoms with Gasteiger partial charge in [0, 0.05) is 11.6 Å². The van der Waals surface area contributed by atoms with Gasteiger partial charge in [0.25, 0.3) is 0 Å². The molecule has 0 saturated heterocycles. The van der Waals surface area contributed by atoms with Crippen LogP contribution in [-0.4, -0.2) is 25.7 Å². The molecular formula is C16H25NO3. The van der Waals surface area contributed by atoms with Crippen LogP contribution < -0.4 is 10.1 Å². The second kappa shape index (κ2) is 8.59. The van der Waals surface area contributed by atoms with Crippen molar-refractivity contribution in [1.82, 2.24) is 5.32 Å². The average molecular weight is 279 g/mol. The molecule has 20 heavy (non-hydrogen) atoms. The van der Waals surface area contributed by atoms with E-state index >= 15 is 0 Å². The Morgan fingerprint density at radius 3 is 2.60 bits per heavy atom. The van der Waals surface area contributed by atoms with Crippen LogP contribution in [0.5, 0.6) is 5.75 Å². The van der Waals surface area contributed by atoms with Crippen LogP contribution in [-0.2, 0) is 9.53 Å². The van der Waals surface area contributed by atoms with Gasteiger partial charge in [-0.25, -0.2) is 4.79 Å². The lowest BCUT2D eigenvalue weighted by Crippen LogP contribution is -2.27. The molecule has 1 aromatic rings. The minimum absolute atomic E-state index is 0.232. The number of carbonyl (C=O) groups is 1. The third-order valence-electron chi connectivity index (χ3n) is 3.18. The predicted octanol–water partition coefficient (Wildman–Crippen LogP) is 3.08. The average Bonchev–Trinajstić information content (AvgIpc) is 2.48. The zero-order valence-corrected chi connectivity index (χ0v) is 12.8. The van der Waals surface area contributed by atoms with Gasteiger partial charge in [0.2, 0.25) is 0 Å². The maximum absolute atomic E-state index is 11.5. The molecule has 2 unspecified atom stereocenters.